The summed E-state index contributed by atoms with van der Waals surface area (Å²) in [6.45, 7) is 0. The van der Waals surface area contributed by atoms with Crippen LogP contribution in [0.1, 0.15) is 0 Å². The zero-order chi connectivity index (χ0) is 14.3. The van der Waals surface area contributed by atoms with Gasteiger partial charge in [0.1, 0.15) is 0 Å². The highest BCUT2D eigenvalue weighted by Gasteiger charge is 2.04. The Bertz CT molecular complexity index is 187. The Morgan fingerprint density at radius 2 is 0.700 bits per heavy atom. The van der Waals surface area contributed by atoms with E-state index >= 15 is 0 Å². The van der Waals surface area contributed by atoms with Crippen LogP contribution >= 0.6 is 70.6 Å². The molecule has 20 heavy (non-hydrogen) atoms. The van der Waals surface area contributed by atoms with Crippen molar-refractivity contribution in [2.24, 2.45) is 0 Å². The lowest BCUT2D eigenvalue weighted by molar-refractivity contribution is 0.225. The van der Waals surface area contributed by atoms with Gasteiger partial charge in [-0.3, -0.25) is 0 Å². The molecule has 0 amide bonds. The van der Waals surface area contributed by atoms with Crippen molar-refractivity contribution in [2.75, 3.05) is 69.0 Å². The van der Waals surface area contributed by atoms with Crippen LogP contribution in [0.25, 0.3) is 0 Å². The lowest BCUT2D eigenvalue weighted by Crippen LogP contribution is -2.14. The third kappa shape index (κ3) is 13.7. The van der Waals surface area contributed by atoms with E-state index in [0.29, 0.717) is 0 Å². The van der Waals surface area contributed by atoms with Crippen LogP contribution in [0.15, 0.2) is 0 Å². The molecule has 0 aromatic heterocycles. The number of hydrogen-bond donors (Lipinski definition) is 1. The quantitative estimate of drug-likeness (QED) is 0.671. The van der Waals surface area contributed by atoms with Crippen LogP contribution in [-0.4, -0.2) is 80.2 Å². The molecule has 0 spiro atoms. The summed E-state index contributed by atoms with van der Waals surface area (Å²) in [7, 11) is 0. The van der Waals surface area contributed by atoms with Gasteiger partial charge in [0.25, 0.3) is 0 Å². The molecule has 1 fully saturated rings. The van der Waals surface area contributed by atoms with E-state index in [-0.39, 0.29) is 6.10 Å². The summed E-state index contributed by atoms with van der Waals surface area (Å²) in [5.74, 6) is 14.4. The minimum absolute atomic E-state index is 0.117. The van der Waals surface area contributed by atoms with Gasteiger partial charge < -0.3 is 5.11 Å². The van der Waals surface area contributed by atoms with Crippen LogP contribution in [0.4, 0.5) is 0 Å². The van der Waals surface area contributed by atoms with Crippen molar-refractivity contribution in [3.8, 4) is 0 Å². The van der Waals surface area contributed by atoms with Gasteiger partial charge >= 0.3 is 0 Å². The zero-order valence-electron chi connectivity index (χ0n) is 12.0. The first-order valence-corrected chi connectivity index (χ1v) is 14.0. The lowest BCUT2D eigenvalue weighted by Gasteiger charge is -2.09. The molecule has 1 heterocycles. The zero-order valence-corrected chi connectivity index (χ0v) is 16.9. The van der Waals surface area contributed by atoms with Gasteiger partial charge in [0.15, 0.2) is 0 Å². The van der Waals surface area contributed by atoms with Crippen LogP contribution in [-0.2, 0) is 0 Å². The van der Waals surface area contributed by atoms with E-state index in [1.165, 1.54) is 57.5 Å². The maximum Gasteiger partial charge on any atom is 0.0720 e. The minimum atomic E-state index is -0.117. The molecular formula is C13H26OS6. The van der Waals surface area contributed by atoms with E-state index in [1.54, 1.807) is 0 Å². The second-order valence-corrected chi connectivity index (χ2v) is 11.5. The molecule has 0 saturated carbocycles. The fourth-order valence-electron chi connectivity index (χ4n) is 1.48. The molecule has 1 saturated heterocycles. The summed E-state index contributed by atoms with van der Waals surface area (Å²) in [4.78, 5) is 0. The first-order chi connectivity index (χ1) is 9.89. The third-order valence-electron chi connectivity index (χ3n) is 2.48. The average molecular weight is 391 g/mol. The maximum absolute atomic E-state index is 9.88. The smallest absolute Gasteiger partial charge is 0.0720 e. The van der Waals surface area contributed by atoms with Crippen molar-refractivity contribution < 1.29 is 5.11 Å². The topological polar surface area (TPSA) is 20.2 Å². The van der Waals surface area contributed by atoms with Crippen molar-refractivity contribution >= 4 is 70.6 Å². The molecule has 0 atom stereocenters. The average Bonchev–Trinajstić information content (AvgIpc) is 2.45. The fraction of sp³-hybridized carbons (Fsp3) is 1.00. The van der Waals surface area contributed by atoms with E-state index in [1.807, 2.05) is 23.5 Å². The Labute approximate surface area is 150 Å². The Kier molecular flexibility index (Phi) is 16.0. The molecule has 0 bridgehead atoms. The molecule has 1 N–H and O–H groups in total. The largest absolute Gasteiger partial charge is 0.391 e. The molecule has 0 radical (unpaired) electrons. The highest BCUT2D eigenvalue weighted by atomic mass is 32.2. The Balaban J connectivity index is 2.09. The number of hydrogen-bond acceptors (Lipinski definition) is 7. The summed E-state index contributed by atoms with van der Waals surface area (Å²) in [5, 5.41) is 9.88. The molecular weight excluding hydrogens is 365 g/mol. The molecule has 120 valence electrons. The predicted octanol–water partition coefficient (Wildman–Crippen LogP) is 3.76. The maximum atomic E-state index is 9.88. The van der Waals surface area contributed by atoms with Crippen molar-refractivity contribution in [2.45, 2.75) is 6.10 Å². The second kappa shape index (κ2) is 15.9. The summed E-state index contributed by atoms with van der Waals surface area (Å²) >= 11 is 12.1. The van der Waals surface area contributed by atoms with Crippen LogP contribution in [0, 0.1) is 0 Å². The van der Waals surface area contributed by atoms with Gasteiger partial charge in [-0.1, -0.05) is 0 Å². The minimum Gasteiger partial charge on any atom is -0.391 e. The van der Waals surface area contributed by atoms with E-state index in [2.05, 4.69) is 47.0 Å². The summed E-state index contributed by atoms with van der Waals surface area (Å²) in [6.07, 6.45) is -0.117. The van der Waals surface area contributed by atoms with Crippen LogP contribution in [0.2, 0.25) is 0 Å². The molecule has 1 nitrogen and oxygen atoms in total. The molecule has 0 aromatic rings. The van der Waals surface area contributed by atoms with Gasteiger partial charge in [0.05, 0.1) is 6.10 Å². The monoisotopic (exact) mass is 390 g/mol. The Morgan fingerprint density at radius 3 is 1.00 bits per heavy atom. The van der Waals surface area contributed by atoms with Crippen LogP contribution in [0.3, 0.4) is 0 Å². The standard InChI is InChI=1S/C13H26OS6/c14-13-11-19-9-7-17-5-3-15-1-2-16-4-6-18-8-10-20-12-13/h13-14H,1-12H2. The van der Waals surface area contributed by atoms with E-state index in [9.17, 15) is 5.11 Å². The Hall–Kier alpha value is 2.06. The third-order valence-corrected chi connectivity index (χ3v) is 9.94. The Morgan fingerprint density at radius 1 is 0.450 bits per heavy atom. The van der Waals surface area contributed by atoms with Crippen molar-refractivity contribution in [3.05, 3.63) is 0 Å². The van der Waals surface area contributed by atoms with Gasteiger partial charge in [0.2, 0.25) is 0 Å². The predicted molar refractivity (Wildman–Crippen MR) is 110 cm³/mol. The highest BCUT2D eigenvalue weighted by Crippen LogP contribution is 2.16. The molecule has 1 aliphatic rings. The molecule has 1 rings (SSSR count). The molecule has 0 unspecified atom stereocenters. The second-order valence-electron chi connectivity index (χ2n) is 4.25. The summed E-state index contributed by atoms with van der Waals surface area (Å²) in [6, 6.07) is 0. The van der Waals surface area contributed by atoms with Gasteiger partial charge in [-0.2, -0.15) is 70.6 Å². The van der Waals surface area contributed by atoms with Gasteiger partial charge in [0, 0.05) is 69.0 Å². The molecule has 0 aromatic carbocycles. The van der Waals surface area contributed by atoms with Crippen molar-refractivity contribution in [1.82, 2.24) is 0 Å². The SMILES string of the molecule is OC1CSCCSCCSCCSCCSCCSC1. The van der Waals surface area contributed by atoms with Crippen molar-refractivity contribution in [1.29, 1.82) is 0 Å². The van der Waals surface area contributed by atoms with Gasteiger partial charge in [-0.15, -0.1) is 0 Å². The number of thioether (sulfide) groups is 6. The van der Waals surface area contributed by atoms with Crippen molar-refractivity contribution in [3.63, 3.8) is 0 Å². The number of rotatable bonds is 0. The molecule has 7 heteroatoms. The molecule has 0 aliphatic carbocycles. The van der Waals surface area contributed by atoms with Gasteiger partial charge in [-0.25, -0.2) is 0 Å². The highest BCUT2D eigenvalue weighted by molar-refractivity contribution is 8.06. The van der Waals surface area contributed by atoms with E-state index in [4.69, 9.17) is 0 Å². The summed E-state index contributed by atoms with van der Waals surface area (Å²) in [5.41, 5.74) is 0. The summed E-state index contributed by atoms with van der Waals surface area (Å²) < 4.78 is 0. The fourth-order valence-corrected chi connectivity index (χ4v) is 8.28. The number of aliphatic hydroxyl groups excluding tert-OH is 1. The first-order valence-electron chi connectivity index (χ1n) is 7.04. The van der Waals surface area contributed by atoms with E-state index < -0.39 is 0 Å². The van der Waals surface area contributed by atoms with E-state index in [0.717, 1.165) is 11.5 Å². The van der Waals surface area contributed by atoms with Crippen LogP contribution in [0.5, 0.6) is 0 Å². The normalized spacial score (nSPS) is 24.4. The first kappa shape index (κ1) is 20.1. The number of aliphatic hydroxyl groups is 1. The molecule has 1 aliphatic heterocycles. The van der Waals surface area contributed by atoms with Crippen LogP contribution < -0.4 is 0 Å². The van der Waals surface area contributed by atoms with Gasteiger partial charge in [-0.05, 0) is 0 Å². The lowest BCUT2D eigenvalue weighted by atomic mass is 10.5.